The van der Waals surface area contributed by atoms with E-state index < -0.39 is 12.0 Å². The molecular formula is C10H20N2O4. The van der Waals surface area contributed by atoms with Crippen LogP contribution in [0.1, 0.15) is 13.8 Å². The summed E-state index contributed by atoms with van der Waals surface area (Å²) in [5, 5.41) is 5.51. The molecule has 0 spiro atoms. The first kappa shape index (κ1) is 14.9. The average Bonchev–Trinajstić information content (AvgIpc) is 2.25. The number of hydrogen-bond donors (Lipinski definition) is 2. The molecule has 94 valence electrons. The molecule has 6 heteroatoms. The summed E-state index contributed by atoms with van der Waals surface area (Å²) in [6, 6.07) is -0.649. The van der Waals surface area contributed by atoms with E-state index in [0.29, 0.717) is 26.3 Å². The third-order valence-electron chi connectivity index (χ3n) is 1.84. The molecule has 0 aliphatic carbocycles. The number of carbonyl (C=O) groups is 2. The number of esters is 1. The highest BCUT2D eigenvalue weighted by molar-refractivity contribution is 5.83. The van der Waals surface area contributed by atoms with Crippen LogP contribution in [-0.2, 0) is 19.1 Å². The molecule has 0 saturated heterocycles. The summed E-state index contributed by atoms with van der Waals surface area (Å²) in [7, 11) is 1.29. The molecule has 0 saturated carbocycles. The third-order valence-corrected chi connectivity index (χ3v) is 1.84. The molecule has 1 atom stereocenters. The van der Waals surface area contributed by atoms with Crippen molar-refractivity contribution in [3.8, 4) is 0 Å². The van der Waals surface area contributed by atoms with Crippen molar-refractivity contribution in [2.75, 3.05) is 33.4 Å². The third kappa shape index (κ3) is 7.19. The van der Waals surface area contributed by atoms with Gasteiger partial charge in [0, 0.05) is 26.6 Å². The number of rotatable bonds is 8. The predicted octanol–water partition coefficient (Wildman–Crippen LogP) is -0.710. The molecule has 1 amide bonds. The molecule has 2 N–H and O–H groups in total. The Labute approximate surface area is 95.7 Å². The standard InChI is InChI=1S/C10H20N2O4/c1-4-16-6-5-11-7-9(10(14)15-3)12-8(2)13/h9,11H,4-7H2,1-3H3,(H,12,13). The lowest BCUT2D eigenvalue weighted by Crippen LogP contribution is -2.47. The van der Waals surface area contributed by atoms with Gasteiger partial charge in [-0.05, 0) is 6.92 Å². The van der Waals surface area contributed by atoms with Gasteiger partial charge in [0.25, 0.3) is 0 Å². The minimum absolute atomic E-state index is 0.262. The lowest BCUT2D eigenvalue weighted by atomic mass is 10.3. The van der Waals surface area contributed by atoms with Crippen LogP contribution in [0.4, 0.5) is 0 Å². The van der Waals surface area contributed by atoms with Gasteiger partial charge in [-0.1, -0.05) is 0 Å². The molecule has 0 aliphatic heterocycles. The van der Waals surface area contributed by atoms with Crippen LogP contribution in [0.2, 0.25) is 0 Å². The first-order chi connectivity index (χ1) is 7.61. The van der Waals surface area contributed by atoms with Gasteiger partial charge in [-0.2, -0.15) is 0 Å². The van der Waals surface area contributed by atoms with Crippen LogP contribution in [0.25, 0.3) is 0 Å². The van der Waals surface area contributed by atoms with Gasteiger partial charge >= 0.3 is 5.97 Å². The molecule has 0 heterocycles. The van der Waals surface area contributed by atoms with Gasteiger partial charge in [0.2, 0.25) is 5.91 Å². The van der Waals surface area contributed by atoms with Crippen LogP contribution in [0.15, 0.2) is 0 Å². The second-order valence-electron chi connectivity index (χ2n) is 3.18. The van der Waals surface area contributed by atoms with Crippen molar-refractivity contribution in [3.05, 3.63) is 0 Å². The van der Waals surface area contributed by atoms with Crippen LogP contribution in [0, 0.1) is 0 Å². The van der Waals surface area contributed by atoms with Crippen molar-refractivity contribution < 1.29 is 19.1 Å². The molecule has 0 aliphatic rings. The molecule has 0 radical (unpaired) electrons. The monoisotopic (exact) mass is 232 g/mol. The Morgan fingerprint density at radius 2 is 2.06 bits per heavy atom. The second kappa shape index (κ2) is 9.11. The van der Waals surface area contributed by atoms with Gasteiger partial charge in [0.05, 0.1) is 13.7 Å². The van der Waals surface area contributed by atoms with E-state index in [0.717, 1.165) is 0 Å². The van der Waals surface area contributed by atoms with Gasteiger partial charge in [-0.25, -0.2) is 4.79 Å². The van der Waals surface area contributed by atoms with Crippen molar-refractivity contribution in [2.45, 2.75) is 19.9 Å². The molecular weight excluding hydrogens is 212 g/mol. The Bertz CT molecular complexity index is 221. The van der Waals surface area contributed by atoms with Gasteiger partial charge in [0.1, 0.15) is 6.04 Å². The zero-order valence-corrected chi connectivity index (χ0v) is 10.0. The summed E-state index contributed by atoms with van der Waals surface area (Å²) in [6.07, 6.45) is 0. The molecule has 0 aromatic heterocycles. The Kier molecular flexibility index (Phi) is 8.46. The highest BCUT2D eigenvalue weighted by Gasteiger charge is 2.18. The van der Waals surface area contributed by atoms with Crippen LogP contribution in [-0.4, -0.2) is 51.3 Å². The van der Waals surface area contributed by atoms with Gasteiger partial charge in [-0.15, -0.1) is 0 Å². The maximum atomic E-state index is 11.3. The van der Waals surface area contributed by atoms with Crippen molar-refractivity contribution in [1.82, 2.24) is 10.6 Å². The molecule has 0 fully saturated rings. The fourth-order valence-electron chi connectivity index (χ4n) is 1.12. The lowest BCUT2D eigenvalue weighted by molar-refractivity contribution is -0.144. The maximum absolute atomic E-state index is 11.3. The molecule has 0 aromatic carbocycles. The molecule has 6 nitrogen and oxygen atoms in total. The summed E-state index contributed by atoms with van der Waals surface area (Å²) >= 11 is 0. The maximum Gasteiger partial charge on any atom is 0.329 e. The van der Waals surface area contributed by atoms with E-state index >= 15 is 0 Å². The normalized spacial score (nSPS) is 11.9. The van der Waals surface area contributed by atoms with E-state index in [1.807, 2.05) is 6.92 Å². The smallest absolute Gasteiger partial charge is 0.329 e. The summed E-state index contributed by atoms with van der Waals surface area (Å²) in [4.78, 5) is 22.1. The second-order valence-corrected chi connectivity index (χ2v) is 3.18. The molecule has 16 heavy (non-hydrogen) atoms. The van der Waals surface area contributed by atoms with Crippen molar-refractivity contribution >= 4 is 11.9 Å². The Morgan fingerprint density at radius 1 is 1.38 bits per heavy atom. The number of ether oxygens (including phenoxy) is 2. The minimum atomic E-state index is -0.649. The summed E-state index contributed by atoms with van der Waals surface area (Å²) in [5.41, 5.74) is 0. The lowest BCUT2D eigenvalue weighted by Gasteiger charge is -2.15. The van der Waals surface area contributed by atoms with E-state index in [-0.39, 0.29) is 5.91 Å². The minimum Gasteiger partial charge on any atom is -0.467 e. The van der Waals surface area contributed by atoms with E-state index in [1.165, 1.54) is 14.0 Å². The molecule has 0 rings (SSSR count). The first-order valence-corrected chi connectivity index (χ1v) is 5.25. The molecule has 0 bridgehead atoms. The van der Waals surface area contributed by atoms with E-state index in [9.17, 15) is 9.59 Å². The van der Waals surface area contributed by atoms with E-state index in [4.69, 9.17) is 4.74 Å². The summed E-state index contributed by atoms with van der Waals surface area (Å²) in [6.45, 7) is 5.46. The van der Waals surface area contributed by atoms with E-state index in [1.54, 1.807) is 0 Å². The summed E-state index contributed by atoms with van der Waals surface area (Å²) in [5.74, 6) is -0.721. The highest BCUT2D eigenvalue weighted by atomic mass is 16.5. The average molecular weight is 232 g/mol. The van der Waals surface area contributed by atoms with Crippen LogP contribution < -0.4 is 10.6 Å². The Balaban J connectivity index is 3.83. The molecule has 0 aromatic rings. The number of amides is 1. The summed E-state index contributed by atoms with van der Waals surface area (Å²) < 4.78 is 9.68. The predicted molar refractivity (Wildman–Crippen MR) is 59.0 cm³/mol. The van der Waals surface area contributed by atoms with Crippen LogP contribution in [0.5, 0.6) is 0 Å². The topological polar surface area (TPSA) is 76.7 Å². The van der Waals surface area contributed by atoms with Gasteiger partial charge in [-0.3, -0.25) is 4.79 Å². The fraction of sp³-hybridized carbons (Fsp3) is 0.800. The molecule has 1 unspecified atom stereocenters. The number of nitrogens with one attached hydrogen (secondary N) is 2. The number of carbonyl (C=O) groups excluding carboxylic acids is 2. The van der Waals surface area contributed by atoms with Crippen LogP contribution in [0.3, 0.4) is 0 Å². The SMILES string of the molecule is CCOCCNCC(NC(C)=O)C(=O)OC. The van der Waals surface area contributed by atoms with Gasteiger partial charge < -0.3 is 20.1 Å². The number of methoxy groups -OCH3 is 1. The van der Waals surface area contributed by atoms with Crippen molar-refractivity contribution in [3.63, 3.8) is 0 Å². The van der Waals surface area contributed by atoms with Gasteiger partial charge in [0.15, 0.2) is 0 Å². The zero-order valence-electron chi connectivity index (χ0n) is 10.0. The fourth-order valence-corrected chi connectivity index (χ4v) is 1.12. The Hall–Kier alpha value is -1.14. The largest absolute Gasteiger partial charge is 0.467 e. The van der Waals surface area contributed by atoms with E-state index in [2.05, 4.69) is 15.4 Å². The zero-order chi connectivity index (χ0) is 12.4. The Morgan fingerprint density at radius 3 is 2.56 bits per heavy atom. The van der Waals surface area contributed by atoms with Crippen molar-refractivity contribution in [1.29, 1.82) is 0 Å². The first-order valence-electron chi connectivity index (χ1n) is 5.25. The number of hydrogen-bond acceptors (Lipinski definition) is 5. The quantitative estimate of drug-likeness (QED) is 0.427. The highest BCUT2D eigenvalue weighted by Crippen LogP contribution is 1.87. The van der Waals surface area contributed by atoms with Crippen molar-refractivity contribution in [2.24, 2.45) is 0 Å². The van der Waals surface area contributed by atoms with Crippen LogP contribution >= 0.6 is 0 Å².